The molecule has 0 aromatic carbocycles. The SMILES string of the molecule is Cc1oc(C(=O)NCCOC2CCCC2)cc1S(N)(=O)=O. The Balaban J connectivity index is 1.83. The van der Waals surface area contributed by atoms with Crippen LogP contribution < -0.4 is 10.5 Å². The Hall–Kier alpha value is -1.38. The number of nitrogens with two attached hydrogens (primary N) is 1. The zero-order valence-corrected chi connectivity index (χ0v) is 12.7. The lowest BCUT2D eigenvalue weighted by Crippen LogP contribution is -2.28. The van der Waals surface area contributed by atoms with Gasteiger partial charge in [0.15, 0.2) is 5.76 Å². The second-order valence-corrected chi connectivity index (χ2v) is 6.64. The molecule has 3 N–H and O–H groups in total. The molecule has 0 saturated heterocycles. The normalized spacial score (nSPS) is 16.3. The van der Waals surface area contributed by atoms with Crippen LogP contribution in [0.2, 0.25) is 0 Å². The molecule has 2 rings (SSSR count). The molecule has 0 atom stereocenters. The van der Waals surface area contributed by atoms with Crippen molar-refractivity contribution in [3.63, 3.8) is 0 Å². The van der Waals surface area contributed by atoms with Crippen molar-refractivity contribution in [1.82, 2.24) is 5.32 Å². The number of carbonyl (C=O) groups is 1. The van der Waals surface area contributed by atoms with Crippen molar-refractivity contribution in [2.45, 2.75) is 43.6 Å². The van der Waals surface area contributed by atoms with E-state index in [-0.39, 0.29) is 16.4 Å². The summed E-state index contributed by atoms with van der Waals surface area (Å²) in [4.78, 5) is 11.7. The molecule has 1 saturated carbocycles. The van der Waals surface area contributed by atoms with Crippen LogP contribution in [0.4, 0.5) is 0 Å². The van der Waals surface area contributed by atoms with Crippen molar-refractivity contribution in [1.29, 1.82) is 0 Å². The van der Waals surface area contributed by atoms with Gasteiger partial charge in [-0.25, -0.2) is 13.6 Å². The second-order valence-electron chi connectivity index (χ2n) is 5.11. The van der Waals surface area contributed by atoms with Crippen LogP contribution in [0.25, 0.3) is 0 Å². The molecule has 0 aliphatic heterocycles. The first-order valence-corrected chi connectivity index (χ1v) is 8.45. The molecule has 1 heterocycles. The molecule has 1 aliphatic rings. The Morgan fingerprint density at radius 1 is 1.48 bits per heavy atom. The maximum atomic E-state index is 11.8. The van der Waals surface area contributed by atoms with E-state index >= 15 is 0 Å². The molecule has 1 fully saturated rings. The van der Waals surface area contributed by atoms with Gasteiger partial charge in [-0.05, 0) is 19.8 Å². The summed E-state index contributed by atoms with van der Waals surface area (Å²) in [6.07, 6.45) is 4.83. The number of aryl methyl sites for hydroxylation is 1. The van der Waals surface area contributed by atoms with E-state index in [1.165, 1.54) is 19.8 Å². The second kappa shape index (κ2) is 6.59. The van der Waals surface area contributed by atoms with Crippen LogP contribution >= 0.6 is 0 Å². The van der Waals surface area contributed by atoms with Crippen molar-refractivity contribution in [2.75, 3.05) is 13.2 Å². The Morgan fingerprint density at radius 2 is 2.14 bits per heavy atom. The highest BCUT2D eigenvalue weighted by atomic mass is 32.2. The van der Waals surface area contributed by atoms with E-state index in [9.17, 15) is 13.2 Å². The standard InChI is InChI=1S/C13H20N2O5S/c1-9-12(21(14,17)18)8-11(20-9)13(16)15-6-7-19-10-4-2-3-5-10/h8,10H,2-7H2,1H3,(H,15,16)(H2,14,17,18). The number of primary sulfonamides is 1. The summed E-state index contributed by atoms with van der Waals surface area (Å²) in [6.45, 7) is 2.22. The number of rotatable bonds is 6. The van der Waals surface area contributed by atoms with Gasteiger partial charge in [-0.3, -0.25) is 4.79 Å². The first kappa shape index (κ1) is 16.0. The van der Waals surface area contributed by atoms with E-state index in [1.807, 2.05) is 0 Å². The van der Waals surface area contributed by atoms with Gasteiger partial charge in [-0.15, -0.1) is 0 Å². The lowest BCUT2D eigenvalue weighted by molar-refractivity contribution is 0.0577. The first-order valence-electron chi connectivity index (χ1n) is 6.91. The number of sulfonamides is 1. The van der Waals surface area contributed by atoms with Gasteiger partial charge in [0, 0.05) is 12.6 Å². The van der Waals surface area contributed by atoms with Gasteiger partial charge < -0.3 is 14.5 Å². The molecule has 21 heavy (non-hydrogen) atoms. The zero-order chi connectivity index (χ0) is 15.5. The first-order chi connectivity index (χ1) is 9.88. The third kappa shape index (κ3) is 4.29. The van der Waals surface area contributed by atoms with Crippen molar-refractivity contribution < 1.29 is 22.4 Å². The highest BCUT2D eigenvalue weighted by Crippen LogP contribution is 2.20. The van der Waals surface area contributed by atoms with Crippen LogP contribution in [0.15, 0.2) is 15.4 Å². The van der Waals surface area contributed by atoms with Crippen LogP contribution in [0.5, 0.6) is 0 Å². The minimum absolute atomic E-state index is 0.0719. The molecular weight excluding hydrogens is 296 g/mol. The fourth-order valence-electron chi connectivity index (χ4n) is 2.39. The van der Waals surface area contributed by atoms with E-state index in [1.54, 1.807) is 0 Å². The molecule has 1 amide bonds. The summed E-state index contributed by atoms with van der Waals surface area (Å²) < 4.78 is 33.3. The van der Waals surface area contributed by atoms with Crippen LogP contribution in [0.1, 0.15) is 42.0 Å². The van der Waals surface area contributed by atoms with E-state index in [0.29, 0.717) is 19.3 Å². The van der Waals surface area contributed by atoms with Gasteiger partial charge in [0.2, 0.25) is 10.0 Å². The predicted molar refractivity (Wildman–Crippen MR) is 75.4 cm³/mol. The Morgan fingerprint density at radius 3 is 2.71 bits per heavy atom. The number of ether oxygens (including phenoxy) is 1. The number of nitrogens with one attached hydrogen (secondary N) is 1. The van der Waals surface area contributed by atoms with E-state index in [2.05, 4.69) is 5.32 Å². The Bertz CT molecular complexity index is 602. The molecule has 7 nitrogen and oxygen atoms in total. The molecule has 1 aromatic heterocycles. The Kier molecular flexibility index (Phi) is 5.02. The van der Waals surface area contributed by atoms with Crippen LogP contribution in [0, 0.1) is 6.92 Å². The molecule has 0 spiro atoms. The van der Waals surface area contributed by atoms with E-state index in [0.717, 1.165) is 18.9 Å². The summed E-state index contributed by atoms with van der Waals surface area (Å²) in [5, 5.41) is 7.64. The van der Waals surface area contributed by atoms with Crippen molar-refractivity contribution in [3.8, 4) is 0 Å². The average Bonchev–Trinajstić information content (AvgIpc) is 3.02. The maximum absolute atomic E-state index is 11.8. The highest BCUT2D eigenvalue weighted by molar-refractivity contribution is 7.89. The average molecular weight is 316 g/mol. The van der Waals surface area contributed by atoms with E-state index in [4.69, 9.17) is 14.3 Å². The fraction of sp³-hybridized carbons (Fsp3) is 0.615. The van der Waals surface area contributed by atoms with Gasteiger partial charge in [0.25, 0.3) is 5.91 Å². The quantitative estimate of drug-likeness (QED) is 0.758. The van der Waals surface area contributed by atoms with Crippen LogP contribution in [-0.4, -0.2) is 33.6 Å². The molecule has 0 radical (unpaired) electrons. The molecule has 0 bridgehead atoms. The van der Waals surface area contributed by atoms with Gasteiger partial charge in [0.1, 0.15) is 10.7 Å². The number of carbonyl (C=O) groups excluding carboxylic acids is 1. The van der Waals surface area contributed by atoms with E-state index < -0.39 is 15.9 Å². The number of hydrogen-bond acceptors (Lipinski definition) is 5. The fourth-order valence-corrected chi connectivity index (χ4v) is 3.11. The third-order valence-corrected chi connectivity index (χ3v) is 4.46. The molecular formula is C13H20N2O5S. The molecule has 1 aliphatic carbocycles. The van der Waals surface area contributed by atoms with Gasteiger partial charge in [-0.1, -0.05) is 12.8 Å². The van der Waals surface area contributed by atoms with Gasteiger partial charge in [0.05, 0.1) is 12.7 Å². The summed E-state index contributed by atoms with van der Waals surface area (Å²) in [7, 11) is -3.88. The zero-order valence-electron chi connectivity index (χ0n) is 11.9. The summed E-state index contributed by atoms with van der Waals surface area (Å²) in [6, 6.07) is 1.14. The van der Waals surface area contributed by atoms with Gasteiger partial charge >= 0.3 is 0 Å². The molecule has 118 valence electrons. The number of hydrogen-bond donors (Lipinski definition) is 2. The Labute approximate surface area is 123 Å². The summed E-state index contributed by atoms with van der Waals surface area (Å²) in [5.41, 5.74) is 0. The maximum Gasteiger partial charge on any atom is 0.287 e. The minimum atomic E-state index is -3.88. The van der Waals surface area contributed by atoms with Crippen LogP contribution in [-0.2, 0) is 14.8 Å². The highest BCUT2D eigenvalue weighted by Gasteiger charge is 2.21. The largest absolute Gasteiger partial charge is 0.455 e. The van der Waals surface area contributed by atoms with Crippen molar-refractivity contribution in [3.05, 3.63) is 17.6 Å². The van der Waals surface area contributed by atoms with Crippen molar-refractivity contribution in [2.24, 2.45) is 5.14 Å². The number of furan rings is 1. The predicted octanol–water partition coefficient (Wildman–Crippen LogP) is 0.924. The van der Waals surface area contributed by atoms with Gasteiger partial charge in [-0.2, -0.15) is 0 Å². The molecule has 1 aromatic rings. The lowest BCUT2D eigenvalue weighted by atomic mass is 10.3. The summed E-state index contributed by atoms with van der Waals surface area (Å²) >= 11 is 0. The smallest absolute Gasteiger partial charge is 0.287 e. The monoisotopic (exact) mass is 316 g/mol. The van der Waals surface area contributed by atoms with Crippen LogP contribution in [0.3, 0.4) is 0 Å². The minimum Gasteiger partial charge on any atom is -0.455 e. The number of amides is 1. The molecule has 0 unspecified atom stereocenters. The lowest BCUT2D eigenvalue weighted by Gasteiger charge is -2.10. The molecule has 8 heteroatoms. The summed E-state index contributed by atoms with van der Waals surface area (Å²) in [5.74, 6) is -0.453. The topological polar surface area (TPSA) is 112 Å². The van der Waals surface area contributed by atoms with Crippen molar-refractivity contribution >= 4 is 15.9 Å². The third-order valence-electron chi connectivity index (χ3n) is 3.45.